The van der Waals surface area contributed by atoms with Crippen molar-refractivity contribution in [2.75, 3.05) is 6.54 Å². The predicted octanol–water partition coefficient (Wildman–Crippen LogP) is 13.1. The first-order valence-corrected chi connectivity index (χ1v) is 22.8. The molecule has 7 nitrogen and oxygen atoms in total. The molecule has 0 spiro atoms. The van der Waals surface area contributed by atoms with Crippen molar-refractivity contribution in [2.24, 2.45) is 5.73 Å². The summed E-state index contributed by atoms with van der Waals surface area (Å²) in [4.78, 5) is 36.4. The number of hydrogen-bond donors (Lipinski definition) is 3. The molecular formula is C49H84N2O5. The molecular weight excluding hydrogens is 697 g/mol. The zero-order valence-corrected chi connectivity index (χ0v) is 36.0. The van der Waals surface area contributed by atoms with Crippen molar-refractivity contribution < 1.29 is 24.2 Å². The van der Waals surface area contributed by atoms with Crippen LogP contribution in [0.25, 0.3) is 0 Å². The molecule has 2 unspecified atom stereocenters. The SMILES string of the molecule is CCCCC/C=C\C/C=C\C/C=C\CCCCCCCCC(=O)OC(/C=C\C/C=C\C/C=C\CCCCC)CCCCCCCC(=O)NC(CCCN)C(=O)O. The first kappa shape index (κ1) is 52.8. The second-order valence-electron chi connectivity index (χ2n) is 15.1. The van der Waals surface area contributed by atoms with Gasteiger partial charge in [-0.15, -0.1) is 0 Å². The lowest BCUT2D eigenvalue weighted by Gasteiger charge is -2.15. The molecule has 2 atom stereocenters. The Morgan fingerprint density at radius 3 is 1.50 bits per heavy atom. The van der Waals surface area contributed by atoms with Crippen LogP contribution in [0.5, 0.6) is 0 Å². The molecule has 0 rings (SSSR count). The Morgan fingerprint density at radius 2 is 0.982 bits per heavy atom. The summed E-state index contributed by atoms with van der Waals surface area (Å²) in [6.45, 7) is 4.87. The highest BCUT2D eigenvalue weighted by Gasteiger charge is 2.18. The number of carbonyl (C=O) groups is 3. The second-order valence-corrected chi connectivity index (χ2v) is 15.1. The Labute approximate surface area is 343 Å². The van der Waals surface area contributed by atoms with E-state index >= 15 is 0 Å². The smallest absolute Gasteiger partial charge is 0.326 e. The molecule has 0 aromatic carbocycles. The number of unbranched alkanes of at least 4 members (excludes halogenated alkanes) is 16. The molecule has 56 heavy (non-hydrogen) atoms. The molecule has 320 valence electrons. The van der Waals surface area contributed by atoms with E-state index in [1.54, 1.807) is 0 Å². The Morgan fingerprint density at radius 1 is 0.536 bits per heavy atom. The Bertz CT molecular complexity index is 1110. The van der Waals surface area contributed by atoms with Gasteiger partial charge in [0, 0.05) is 12.8 Å². The Hall–Kier alpha value is -3.19. The normalized spacial score (nSPS) is 13.3. The molecule has 0 aromatic heterocycles. The maximum Gasteiger partial charge on any atom is 0.326 e. The summed E-state index contributed by atoms with van der Waals surface area (Å²) in [6, 6.07) is -0.870. The fraction of sp³-hybridized carbons (Fsp3) is 0.694. The number of aliphatic carboxylic acids is 1. The van der Waals surface area contributed by atoms with Gasteiger partial charge in [-0.3, -0.25) is 9.59 Å². The average molecular weight is 781 g/mol. The van der Waals surface area contributed by atoms with Gasteiger partial charge in [-0.1, -0.05) is 151 Å². The molecule has 0 aromatic rings. The van der Waals surface area contributed by atoms with Crippen molar-refractivity contribution in [1.29, 1.82) is 0 Å². The van der Waals surface area contributed by atoms with E-state index in [-0.39, 0.29) is 18.0 Å². The second kappa shape index (κ2) is 42.9. The van der Waals surface area contributed by atoms with Crippen LogP contribution in [0, 0.1) is 0 Å². The number of ether oxygens (including phenoxy) is 1. The monoisotopic (exact) mass is 781 g/mol. The molecule has 0 heterocycles. The van der Waals surface area contributed by atoms with E-state index in [4.69, 9.17) is 10.5 Å². The van der Waals surface area contributed by atoms with E-state index in [9.17, 15) is 19.5 Å². The van der Waals surface area contributed by atoms with E-state index in [0.29, 0.717) is 32.2 Å². The van der Waals surface area contributed by atoms with Crippen LogP contribution >= 0.6 is 0 Å². The minimum atomic E-state index is -1.02. The number of nitrogens with two attached hydrogens (primary N) is 1. The van der Waals surface area contributed by atoms with Crippen molar-refractivity contribution in [3.63, 3.8) is 0 Å². The highest BCUT2D eigenvalue weighted by Crippen LogP contribution is 2.15. The third kappa shape index (κ3) is 39.1. The zero-order chi connectivity index (χ0) is 41.0. The molecule has 7 heteroatoms. The van der Waals surface area contributed by atoms with Crippen molar-refractivity contribution in [2.45, 2.75) is 212 Å². The first-order chi connectivity index (χ1) is 27.4. The Balaban J connectivity index is 4.40. The lowest BCUT2D eigenvalue weighted by atomic mass is 10.1. The number of hydrogen-bond acceptors (Lipinski definition) is 5. The summed E-state index contributed by atoms with van der Waals surface area (Å²) in [6.07, 6.45) is 55.3. The van der Waals surface area contributed by atoms with Gasteiger partial charge >= 0.3 is 11.9 Å². The fourth-order valence-electron chi connectivity index (χ4n) is 6.26. The van der Waals surface area contributed by atoms with E-state index in [1.165, 1.54) is 64.2 Å². The molecule has 0 bridgehead atoms. The van der Waals surface area contributed by atoms with Crippen LogP contribution in [0.4, 0.5) is 0 Å². The summed E-state index contributed by atoms with van der Waals surface area (Å²) >= 11 is 0. The standard InChI is InChI=1S/C49H84N2O5/c1-3-5-7-9-11-13-15-16-17-18-19-20-21-22-24-26-28-33-37-43-48(53)56-45(39-34-30-27-25-23-14-12-10-8-6-4-2)40-35-31-29-32-36-42-47(52)51-46(49(54)55)41-38-44-50/h11-14,16-17,19-20,25,27,34,39,45-46H,3-10,15,18,21-24,26,28-33,35-38,40-44,50H2,1-2H3,(H,51,52)(H,54,55)/b13-11-,14-12-,17-16-,20-19-,27-25-,39-34-. The third-order valence-electron chi connectivity index (χ3n) is 9.73. The molecule has 0 radical (unpaired) electrons. The van der Waals surface area contributed by atoms with Crippen molar-refractivity contribution in [3.05, 3.63) is 72.9 Å². The predicted molar refractivity (Wildman–Crippen MR) is 239 cm³/mol. The molecule has 1 amide bonds. The minimum Gasteiger partial charge on any atom is -0.480 e. The summed E-state index contributed by atoms with van der Waals surface area (Å²) in [7, 11) is 0. The van der Waals surface area contributed by atoms with Crippen molar-refractivity contribution >= 4 is 17.8 Å². The van der Waals surface area contributed by atoms with E-state index in [0.717, 1.165) is 96.3 Å². The van der Waals surface area contributed by atoms with Crippen LogP contribution < -0.4 is 11.1 Å². The minimum absolute atomic E-state index is 0.109. The van der Waals surface area contributed by atoms with Crippen LogP contribution in [0.15, 0.2) is 72.9 Å². The van der Waals surface area contributed by atoms with Gasteiger partial charge in [0.1, 0.15) is 12.1 Å². The number of amides is 1. The van der Waals surface area contributed by atoms with Crippen LogP contribution in [-0.4, -0.2) is 41.6 Å². The molecule has 0 saturated carbocycles. The van der Waals surface area contributed by atoms with Crippen LogP contribution in [0.2, 0.25) is 0 Å². The van der Waals surface area contributed by atoms with E-state index < -0.39 is 12.0 Å². The number of carboxylic acid groups (broad SMARTS) is 1. The number of nitrogens with one attached hydrogen (secondary N) is 1. The zero-order valence-electron chi connectivity index (χ0n) is 36.0. The lowest BCUT2D eigenvalue weighted by molar-refractivity contribution is -0.147. The third-order valence-corrected chi connectivity index (χ3v) is 9.73. The number of carboxylic acids is 1. The molecule has 4 N–H and O–H groups in total. The summed E-state index contributed by atoms with van der Waals surface area (Å²) in [5, 5.41) is 11.9. The number of carbonyl (C=O) groups excluding carboxylic acids is 2. The molecule has 0 aliphatic heterocycles. The molecule has 0 aliphatic carbocycles. The van der Waals surface area contributed by atoms with Crippen LogP contribution in [0.3, 0.4) is 0 Å². The number of rotatable bonds is 40. The van der Waals surface area contributed by atoms with Crippen molar-refractivity contribution in [3.8, 4) is 0 Å². The molecule has 0 aliphatic rings. The fourth-order valence-corrected chi connectivity index (χ4v) is 6.26. The van der Waals surface area contributed by atoms with Gasteiger partial charge in [0.25, 0.3) is 0 Å². The molecule has 0 fully saturated rings. The maximum atomic E-state index is 12.8. The lowest BCUT2D eigenvalue weighted by Crippen LogP contribution is -2.40. The van der Waals surface area contributed by atoms with E-state index in [1.807, 2.05) is 0 Å². The summed E-state index contributed by atoms with van der Waals surface area (Å²) in [5.74, 6) is -1.34. The maximum absolute atomic E-state index is 12.8. The van der Waals surface area contributed by atoms with Gasteiger partial charge in [-0.2, -0.15) is 0 Å². The van der Waals surface area contributed by atoms with Gasteiger partial charge in [-0.25, -0.2) is 4.79 Å². The highest BCUT2D eigenvalue weighted by atomic mass is 16.5. The quantitative estimate of drug-likeness (QED) is 0.0324. The summed E-state index contributed by atoms with van der Waals surface area (Å²) in [5.41, 5.74) is 5.48. The van der Waals surface area contributed by atoms with Gasteiger partial charge in [0.15, 0.2) is 0 Å². The van der Waals surface area contributed by atoms with Crippen molar-refractivity contribution in [1.82, 2.24) is 5.32 Å². The summed E-state index contributed by atoms with van der Waals surface area (Å²) < 4.78 is 5.94. The average Bonchev–Trinajstić information content (AvgIpc) is 3.18. The molecule has 0 saturated heterocycles. The van der Waals surface area contributed by atoms with Crippen LogP contribution in [0.1, 0.15) is 200 Å². The van der Waals surface area contributed by atoms with E-state index in [2.05, 4.69) is 92.1 Å². The van der Waals surface area contributed by atoms with Gasteiger partial charge in [-0.05, 0) is 115 Å². The van der Waals surface area contributed by atoms with Gasteiger partial charge < -0.3 is 20.9 Å². The number of esters is 1. The number of allylic oxidation sites excluding steroid dienone is 11. The first-order valence-electron chi connectivity index (χ1n) is 22.8. The topological polar surface area (TPSA) is 119 Å². The Kier molecular flexibility index (Phi) is 40.5. The largest absolute Gasteiger partial charge is 0.480 e. The van der Waals surface area contributed by atoms with Gasteiger partial charge in [0.05, 0.1) is 0 Å². The van der Waals surface area contributed by atoms with Gasteiger partial charge in [0.2, 0.25) is 5.91 Å². The van der Waals surface area contributed by atoms with Crippen LogP contribution in [-0.2, 0) is 19.1 Å². The highest BCUT2D eigenvalue weighted by molar-refractivity contribution is 5.83.